The summed E-state index contributed by atoms with van der Waals surface area (Å²) >= 11 is 0. The largest absolute Gasteiger partial charge is 0.569 e. The zero-order valence-corrected chi connectivity index (χ0v) is 6.98. The lowest BCUT2D eigenvalue weighted by Gasteiger charge is -2.10. The molecule has 0 bridgehead atoms. The van der Waals surface area contributed by atoms with E-state index in [-0.39, 0.29) is 7.69 Å². The molecule has 0 saturated carbocycles. The topological polar surface area (TPSA) is 29.5 Å². The van der Waals surface area contributed by atoms with Crippen molar-refractivity contribution in [3.63, 3.8) is 0 Å². The predicted molar refractivity (Wildman–Crippen MR) is 40.0 cm³/mol. The number of halogens is 5. The molecule has 0 aliphatic carbocycles. The molecular formula is C7H3BF5O2. The van der Waals surface area contributed by atoms with Gasteiger partial charge in [0.1, 0.15) is 22.9 Å². The Bertz CT molecular complexity index is 342. The summed E-state index contributed by atoms with van der Waals surface area (Å²) in [4.78, 5) is 0. The van der Waals surface area contributed by atoms with Crippen molar-refractivity contribution >= 4 is 7.69 Å². The highest BCUT2D eigenvalue weighted by molar-refractivity contribution is 6.17. The second kappa shape index (κ2) is 4.05. The molecule has 0 aliphatic rings. The molecule has 1 radical (unpaired) electrons. The van der Waals surface area contributed by atoms with Gasteiger partial charge in [0, 0.05) is 12.1 Å². The van der Waals surface area contributed by atoms with E-state index in [2.05, 4.69) is 4.65 Å². The Morgan fingerprint density at radius 3 is 1.93 bits per heavy atom. The minimum absolute atomic E-state index is 0.0987. The molecule has 0 unspecified atom stereocenters. The van der Waals surface area contributed by atoms with Crippen LogP contribution in [0.5, 0.6) is 5.75 Å². The Morgan fingerprint density at radius 2 is 1.60 bits per heavy atom. The molecule has 15 heavy (non-hydrogen) atoms. The van der Waals surface area contributed by atoms with E-state index in [0.717, 1.165) is 0 Å². The molecule has 81 valence electrons. The number of rotatable bonds is 2. The van der Waals surface area contributed by atoms with Crippen LogP contribution < -0.4 is 4.65 Å². The first kappa shape index (κ1) is 11.8. The van der Waals surface area contributed by atoms with Gasteiger partial charge in [-0.2, -0.15) is 13.2 Å². The molecule has 8 heteroatoms. The lowest BCUT2D eigenvalue weighted by Crippen LogP contribution is -2.12. The molecule has 0 saturated heterocycles. The molecular weight excluding hydrogens is 222 g/mol. The molecule has 1 aromatic carbocycles. The van der Waals surface area contributed by atoms with E-state index in [1.165, 1.54) is 0 Å². The van der Waals surface area contributed by atoms with E-state index in [9.17, 15) is 22.0 Å². The molecule has 1 N–H and O–H groups in total. The molecule has 0 atom stereocenters. The van der Waals surface area contributed by atoms with E-state index in [0.29, 0.717) is 12.1 Å². The van der Waals surface area contributed by atoms with Crippen LogP contribution >= 0.6 is 0 Å². The summed E-state index contributed by atoms with van der Waals surface area (Å²) in [6, 6.07) is 0.636. The lowest BCUT2D eigenvalue weighted by molar-refractivity contribution is -0.142. The highest BCUT2D eigenvalue weighted by Crippen LogP contribution is 2.35. The summed E-state index contributed by atoms with van der Waals surface area (Å²) in [7, 11) is 0.0987. The van der Waals surface area contributed by atoms with Crippen molar-refractivity contribution in [1.29, 1.82) is 0 Å². The highest BCUT2D eigenvalue weighted by atomic mass is 19.4. The second-order valence-corrected chi connectivity index (χ2v) is 2.48. The summed E-state index contributed by atoms with van der Waals surface area (Å²) in [6.45, 7) is 0. The Hall–Kier alpha value is -1.31. The van der Waals surface area contributed by atoms with Crippen LogP contribution in [0, 0.1) is 11.6 Å². The molecule has 0 amide bonds. The van der Waals surface area contributed by atoms with Gasteiger partial charge in [0.05, 0.1) is 0 Å². The summed E-state index contributed by atoms with van der Waals surface area (Å²) in [5.74, 6) is -4.18. The quantitative estimate of drug-likeness (QED) is 0.614. The Morgan fingerprint density at radius 1 is 1.13 bits per heavy atom. The maximum absolute atomic E-state index is 12.8. The molecule has 2 nitrogen and oxygen atoms in total. The van der Waals surface area contributed by atoms with Gasteiger partial charge in [-0.3, -0.25) is 0 Å². The van der Waals surface area contributed by atoms with E-state index in [4.69, 9.17) is 5.02 Å². The number of hydrogen-bond acceptors (Lipinski definition) is 2. The molecule has 0 aromatic heterocycles. The van der Waals surface area contributed by atoms with Gasteiger partial charge in [-0.05, 0) is 0 Å². The maximum Gasteiger partial charge on any atom is 0.569 e. The highest BCUT2D eigenvalue weighted by Gasteiger charge is 2.38. The monoisotopic (exact) mass is 225 g/mol. The Kier molecular flexibility index (Phi) is 3.18. The third kappa shape index (κ3) is 2.59. The average molecular weight is 225 g/mol. The van der Waals surface area contributed by atoms with Crippen LogP contribution in [-0.4, -0.2) is 12.7 Å². The van der Waals surface area contributed by atoms with Crippen molar-refractivity contribution < 1.29 is 31.6 Å². The fourth-order valence-electron chi connectivity index (χ4n) is 0.950. The second-order valence-electron chi connectivity index (χ2n) is 2.48. The summed E-state index contributed by atoms with van der Waals surface area (Å²) in [6.07, 6.45) is -5.12. The van der Waals surface area contributed by atoms with Gasteiger partial charge < -0.3 is 9.68 Å². The van der Waals surface area contributed by atoms with E-state index < -0.39 is 29.1 Å². The fraction of sp³-hybridized carbons (Fsp3) is 0.143. The first-order valence-corrected chi connectivity index (χ1v) is 3.55. The van der Waals surface area contributed by atoms with Crippen LogP contribution in [0.3, 0.4) is 0 Å². The van der Waals surface area contributed by atoms with E-state index in [1.54, 1.807) is 0 Å². The number of hydrogen-bond donors (Lipinski definition) is 1. The summed E-state index contributed by atoms with van der Waals surface area (Å²) in [5.41, 5.74) is -1.99. The van der Waals surface area contributed by atoms with Crippen molar-refractivity contribution in [2.45, 2.75) is 6.18 Å². The van der Waals surface area contributed by atoms with Crippen molar-refractivity contribution in [3.8, 4) is 5.75 Å². The van der Waals surface area contributed by atoms with Gasteiger partial charge in [0.15, 0.2) is 0 Å². The van der Waals surface area contributed by atoms with Crippen molar-refractivity contribution in [2.75, 3.05) is 0 Å². The maximum atomic E-state index is 12.8. The van der Waals surface area contributed by atoms with Crippen LogP contribution in [-0.2, 0) is 6.18 Å². The molecule has 1 aromatic rings. The summed E-state index contributed by atoms with van der Waals surface area (Å²) in [5, 5.41) is 8.12. The van der Waals surface area contributed by atoms with Gasteiger partial charge in [0.2, 0.25) is 0 Å². The lowest BCUT2D eigenvalue weighted by atomic mass is 10.1. The molecule has 0 aliphatic heterocycles. The SMILES string of the molecule is O[B]Oc1cc(F)c(C(F)(F)F)c(F)c1. The molecule has 0 spiro atoms. The third-order valence-corrected chi connectivity index (χ3v) is 1.49. The average Bonchev–Trinajstić information content (AvgIpc) is 1.99. The molecule has 0 fully saturated rings. The van der Waals surface area contributed by atoms with Gasteiger partial charge >= 0.3 is 13.9 Å². The zero-order chi connectivity index (χ0) is 11.6. The van der Waals surface area contributed by atoms with E-state index in [1.807, 2.05) is 0 Å². The fourth-order valence-corrected chi connectivity index (χ4v) is 0.950. The number of benzene rings is 1. The van der Waals surface area contributed by atoms with Gasteiger partial charge in [0.25, 0.3) is 0 Å². The molecule has 1 rings (SSSR count). The minimum atomic E-state index is -5.12. The smallest absolute Gasteiger partial charge is 0.537 e. The predicted octanol–water partition coefficient (Wildman–Crippen LogP) is 1.89. The minimum Gasteiger partial charge on any atom is -0.537 e. The third-order valence-electron chi connectivity index (χ3n) is 1.49. The van der Waals surface area contributed by atoms with Gasteiger partial charge in [-0.15, -0.1) is 0 Å². The zero-order valence-electron chi connectivity index (χ0n) is 6.98. The first-order chi connectivity index (χ1) is 6.86. The van der Waals surface area contributed by atoms with Crippen molar-refractivity contribution in [2.24, 2.45) is 0 Å². The van der Waals surface area contributed by atoms with Crippen LogP contribution in [0.25, 0.3) is 0 Å². The van der Waals surface area contributed by atoms with Crippen molar-refractivity contribution in [3.05, 3.63) is 29.3 Å². The first-order valence-electron chi connectivity index (χ1n) is 3.55. The standard InChI is InChI=1S/C7H3BF5O2/c9-4-1-3(15-8-14)2-5(10)6(4)7(11,12)13/h1-2,14H. The normalized spacial score (nSPS) is 11.3. The van der Waals surface area contributed by atoms with Crippen LogP contribution in [0.15, 0.2) is 12.1 Å². The van der Waals surface area contributed by atoms with Gasteiger partial charge in [-0.1, -0.05) is 0 Å². The van der Waals surface area contributed by atoms with Crippen LogP contribution in [0.4, 0.5) is 22.0 Å². The van der Waals surface area contributed by atoms with Crippen LogP contribution in [0.1, 0.15) is 5.56 Å². The molecule has 0 heterocycles. The van der Waals surface area contributed by atoms with E-state index >= 15 is 0 Å². The Balaban J connectivity index is 3.22. The Labute approximate surface area is 81.6 Å². The summed E-state index contributed by atoms with van der Waals surface area (Å²) < 4.78 is 65.9. The van der Waals surface area contributed by atoms with Crippen LogP contribution in [0.2, 0.25) is 0 Å². The van der Waals surface area contributed by atoms with Crippen molar-refractivity contribution in [1.82, 2.24) is 0 Å². The number of alkyl halides is 3. The van der Waals surface area contributed by atoms with Gasteiger partial charge in [-0.25, -0.2) is 8.78 Å².